The van der Waals surface area contributed by atoms with Crippen molar-refractivity contribution in [1.82, 2.24) is 4.98 Å². The summed E-state index contributed by atoms with van der Waals surface area (Å²) in [5, 5.41) is 9.92. The molecule has 0 aliphatic carbocycles. The fraction of sp³-hybridized carbons (Fsp3) is 0.250. The number of aromatic nitrogens is 1. The molecule has 0 spiro atoms. The van der Waals surface area contributed by atoms with Gasteiger partial charge in [0.1, 0.15) is 10.1 Å². The first-order chi connectivity index (χ1) is 10.7. The summed E-state index contributed by atoms with van der Waals surface area (Å²) in [7, 11) is -1.49. The number of pyridine rings is 1. The predicted molar refractivity (Wildman–Crippen MR) is 99.5 cm³/mol. The van der Waals surface area contributed by atoms with Crippen molar-refractivity contribution in [2.24, 2.45) is 0 Å². The maximum absolute atomic E-state index is 12.6. The Hall–Kier alpha value is -0.880. The molecule has 7 heteroatoms. The lowest BCUT2D eigenvalue weighted by atomic mass is 10.2. The number of hydrogen-bond donors (Lipinski definition) is 1. The molecule has 2 rings (SSSR count). The van der Waals surface area contributed by atoms with Gasteiger partial charge in [-0.2, -0.15) is 0 Å². The summed E-state index contributed by atoms with van der Waals surface area (Å²) < 4.78 is 12.0. The number of halogens is 2. The molecule has 1 atom stereocenters. The lowest BCUT2D eigenvalue weighted by Crippen LogP contribution is -2.28. The zero-order chi connectivity index (χ0) is 17.2. The van der Waals surface area contributed by atoms with E-state index in [2.05, 4.69) is 4.98 Å². The van der Waals surface area contributed by atoms with E-state index < -0.39 is 15.5 Å². The Labute approximate surface area is 152 Å². The van der Waals surface area contributed by atoms with Gasteiger partial charge in [-0.25, -0.2) is 4.98 Å². The molecule has 0 bridgehead atoms. The third kappa shape index (κ3) is 4.57. The maximum atomic E-state index is 12.6. The molecule has 1 unspecified atom stereocenters. The molecular formula is C16H16Cl2N2OS2. The first kappa shape index (κ1) is 18.5. The quantitative estimate of drug-likeness (QED) is 0.566. The zero-order valence-corrected chi connectivity index (χ0v) is 16.0. The molecule has 1 N–H and O–H groups in total. The lowest BCUT2D eigenvalue weighted by molar-refractivity contribution is 0.658. The van der Waals surface area contributed by atoms with Crippen LogP contribution >= 0.6 is 35.0 Å². The Morgan fingerprint density at radius 2 is 1.96 bits per heavy atom. The van der Waals surface area contributed by atoms with Crippen molar-refractivity contribution >= 4 is 50.8 Å². The molecule has 122 valence electrons. The van der Waals surface area contributed by atoms with Crippen LogP contribution in [0.25, 0.3) is 0 Å². The van der Waals surface area contributed by atoms with Crippen molar-refractivity contribution in [1.29, 1.82) is 5.41 Å². The van der Waals surface area contributed by atoms with Crippen LogP contribution in [-0.2, 0) is 10.8 Å². The number of hydrogen-bond acceptors (Lipinski definition) is 4. The fourth-order valence-corrected chi connectivity index (χ4v) is 4.29. The molecule has 0 amide bonds. The van der Waals surface area contributed by atoms with E-state index in [1.54, 1.807) is 18.3 Å². The summed E-state index contributed by atoms with van der Waals surface area (Å²) in [5.74, 6) is 0. The van der Waals surface area contributed by atoms with Crippen molar-refractivity contribution in [2.75, 3.05) is 0 Å². The van der Waals surface area contributed by atoms with Gasteiger partial charge in [0.25, 0.3) is 0 Å². The van der Waals surface area contributed by atoms with Crippen LogP contribution in [0.2, 0.25) is 10.0 Å². The molecule has 23 heavy (non-hydrogen) atoms. The van der Waals surface area contributed by atoms with Crippen LogP contribution in [0.15, 0.2) is 46.5 Å². The van der Waals surface area contributed by atoms with E-state index in [-0.39, 0.29) is 5.04 Å². The first-order valence-corrected chi connectivity index (χ1v) is 9.51. The Kier molecular flexibility index (Phi) is 5.89. The number of benzene rings is 1. The largest absolute Gasteiger partial charge is 0.291 e. The van der Waals surface area contributed by atoms with Gasteiger partial charge >= 0.3 is 0 Å². The van der Waals surface area contributed by atoms with Gasteiger partial charge < -0.3 is 0 Å². The number of nitrogens with one attached hydrogen (secondary N) is 1. The van der Waals surface area contributed by atoms with E-state index in [9.17, 15) is 4.21 Å². The molecule has 1 heterocycles. The SMILES string of the molecule is CC(C)(C)S(=O)C(=N)c1cc(Cl)cc(Cl)c1Sc1ccccn1. The maximum Gasteiger partial charge on any atom is 0.127 e. The number of rotatable bonds is 3. The fourth-order valence-electron chi connectivity index (χ4n) is 1.75. The van der Waals surface area contributed by atoms with Crippen LogP contribution in [0.5, 0.6) is 0 Å². The van der Waals surface area contributed by atoms with Gasteiger partial charge in [0, 0.05) is 26.4 Å². The Morgan fingerprint density at radius 1 is 1.26 bits per heavy atom. The molecule has 1 aromatic carbocycles. The second-order valence-corrected chi connectivity index (χ2v) is 9.79. The Balaban J connectivity index is 2.50. The van der Waals surface area contributed by atoms with Gasteiger partial charge in [0.15, 0.2) is 0 Å². The molecule has 0 fully saturated rings. The van der Waals surface area contributed by atoms with Gasteiger partial charge in [0.2, 0.25) is 0 Å². The summed E-state index contributed by atoms with van der Waals surface area (Å²) in [6, 6.07) is 8.79. The van der Waals surface area contributed by atoms with Gasteiger partial charge in [-0.3, -0.25) is 9.62 Å². The van der Waals surface area contributed by atoms with Crippen LogP contribution in [0.1, 0.15) is 26.3 Å². The van der Waals surface area contributed by atoms with Crippen LogP contribution in [0.3, 0.4) is 0 Å². The standard InChI is InChI=1S/C16H16Cl2N2OS2/c1-16(2,3)23(21)15(19)11-8-10(17)9-12(18)14(11)22-13-6-4-5-7-20-13/h4-9,19H,1-3H3. The third-order valence-corrected chi connectivity index (χ3v) is 6.26. The van der Waals surface area contributed by atoms with Crippen LogP contribution < -0.4 is 0 Å². The first-order valence-electron chi connectivity index (χ1n) is 6.79. The molecule has 0 saturated heterocycles. The molecule has 1 aromatic heterocycles. The highest BCUT2D eigenvalue weighted by Gasteiger charge is 2.27. The molecular weight excluding hydrogens is 371 g/mol. The minimum Gasteiger partial charge on any atom is -0.291 e. The molecule has 3 nitrogen and oxygen atoms in total. The van der Waals surface area contributed by atoms with E-state index in [0.717, 1.165) is 5.03 Å². The van der Waals surface area contributed by atoms with Crippen molar-refractivity contribution < 1.29 is 4.21 Å². The van der Waals surface area contributed by atoms with Gasteiger partial charge in [-0.05, 0) is 45.0 Å². The van der Waals surface area contributed by atoms with Crippen LogP contribution in [-0.4, -0.2) is 19.0 Å². The van der Waals surface area contributed by atoms with Gasteiger partial charge in [-0.1, -0.05) is 41.0 Å². The second-order valence-electron chi connectivity index (χ2n) is 5.74. The smallest absolute Gasteiger partial charge is 0.127 e. The Bertz CT molecular complexity index is 759. The minimum atomic E-state index is -1.49. The minimum absolute atomic E-state index is 0.0142. The van der Waals surface area contributed by atoms with Crippen molar-refractivity contribution in [3.63, 3.8) is 0 Å². The van der Waals surface area contributed by atoms with Crippen molar-refractivity contribution in [3.05, 3.63) is 52.1 Å². The molecule has 0 saturated carbocycles. The van der Waals surface area contributed by atoms with Crippen LogP contribution in [0.4, 0.5) is 0 Å². The second kappa shape index (κ2) is 7.34. The Morgan fingerprint density at radius 3 is 2.52 bits per heavy atom. The van der Waals surface area contributed by atoms with E-state index in [1.807, 2.05) is 39.0 Å². The molecule has 2 aromatic rings. The van der Waals surface area contributed by atoms with E-state index >= 15 is 0 Å². The van der Waals surface area contributed by atoms with E-state index in [0.29, 0.717) is 20.5 Å². The van der Waals surface area contributed by atoms with Gasteiger partial charge in [0.05, 0.1) is 15.8 Å². The van der Waals surface area contributed by atoms with Crippen LogP contribution in [0, 0.1) is 5.41 Å². The third-order valence-electron chi connectivity index (χ3n) is 2.84. The van der Waals surface area contributed by atoms with Crippen molar-refractivity contribution in [3.8, 4) is 0 Å². The monoisotopic (exact) mass is 386 g/mol. The molecule has 0 radical (unpaired) electrons. The lowest BCUT2D eigenvalue weighted by Gasteiger charge is -2.20. The molecule has 0 aliphatic rings. The summed E-state index contributed by atoms with van der Waals surface area (Å²) in [4.78, 5) is 4.89. The number of nitrogens with zero attached hydrogens (tertiary/aromatic N) is 1. The zero-order valence-electron chi connectivity index (χ0n) is 12.9. The highest BCUT2D eigenvalue weighted by Crippen LogP contribution is 2.38. The average Bonchev–Trinajstić information content (AvgIpc) is 2.48. The normalized spacial score (nSPS) is 12.9. The summed E-state index contributed by atoms with van der Waals surface area (Å²) in [5.41, 5.74) is 0.478. The van der Waals surface area contributed by atoms with E-state index in [4.69, 9.17) is 28.6 Å². The van der Waals surface area contributed by atoms with Crippen molar-refractivity contribution in [2.45, 2.75) is 35.4 Å². The van der Waals surface area contributed by atoms with Gasteiger partial charge in [-0.15, -0.1) is 0 Å². The highest BCUT2D eigenvalue weighted by molar-refractivity contribution is 8.02. The molecule has 0 aliphatic heterocycles. The van der Waals surface area contributed by atoms with E-state index in [1.165, 1.54) is 11.8 Å². The topological polar surface area (TPSA) is 53.8 Å². The predicted octanol–water partition coefficient (Wildman–Crippen LogP) is 5.41. The summed E-state index contributed by atoms with van der Waals surface area (Å²) in [6.45, 7) is 5.49. The summed E-state index contributed by atoms with van der Waals surface area (Å²) in [6.07, 6.45) is 1.68. The highest BCUT2D eigenvalue weighted by atomic mass is 35.5. The summed E-state index contributed by atoms with van der Waals surface area (Å²) >= 11 is 13.7. The average molecular weight is 387 g/mol.